The Kier molecular flexibility index (Phi) is 7.80. The van der Waals surface area contributed by atoms with E-state index in [1.165, 1.54) is 12.1 Å². The van der Waals surface area contributed by atoms with Gasteiger partial charge in [-0.2, -0.15) is 5.26 Å². The van der Waals surface area contributed by atoms with Crippen molar-refractivity contribution in [1.82, 2.24) is 20.4 Å². The van der Waals surface area contributed by atoms with E-state index in [0.717, 1.165) is 28.7 Å². The predicted molar refractivity (Wildman–Crippen MR) is 172 cm³/mol. The fourth-order valence-corrected chi connectivity index (χ4v) is 7.61. The first-order valence-corrected chi connectivity index (χ1v) is 16.0. The van der Waals surface area contributed by atoms with E-state index < -0.39 is 29.1 Å². The van der Waals surface area contributed by atoms with Crippen LogP contribution in [-0.2, 0) is 23.1 Å². The van der Waals surface area contributed by atoms with Crippen molar-refractivity contribution in [2.24, 2.45) is 17.4 Å². The van der Waals surface area contributed by atoms with Gasteiger partial charge in [-0.1, -0.05) is 12.1 Å². The van der Waals surface area contributed by atoms with Crippen molar-refractivity contribution >= 4 is 17.7 Å². The monoisotopic (exact) mass is 647 g/mol. The fraction of sp³-hybridized carbons (Fsp3) is 0.333. The minimum absolute atomic E-state index is 0.0320. The molecule has 0 spiro atoms. The molecule has 1 saturated heterocycles. The van der Waals surface area contributed by atoms with E-state index in [9.17, 15) is 24.0 Å². The van der Waals surface area contributed by atoms with Gasteiger partial charge in [-0.3, -0.25) is 14.4 Å². The smallest absolute Gasteiger partial charge is 0.248 e. The molecule has 4 aromatic rings. The standard InChI is InChI=1S/C36H34FN7O4/c1-19(41-18-31(45)44-27(17-38)14-25-15-30(25)44)16-36(35-43-42-34(48-35)20-4-8-26(37)9-5-20)28-10-6-23(32(39)46)12-21(28)2-3-22-13-24(33(40)47)7-11-29(22)36/h4-13,19,25,27,30,41H,2-3,14-16,18H2,1H3,(H2,39,46)(H2,40,47)/t19-,25-,27?,30+/m1/s1. The van der Waals surface area contributed by atoms with Crippen LogP contribution >= 0.6 is 0 Å². The quantitative estimate of drug-likeness (QED) is 0.247. The number of carbonyl (C=O) groups excluding carboxylic acids is 3. The van der Waals surface area contributed by atoms with Crippen LogP contribution in [0.15, 0.2) is 65.1 Å². The van der Waals surface area contributed by atoms with E-state index >= 15 is 0 Å². The van der Waals surface area contributed by atoms with Crippen LogP contribution in [0.4, 0.5) is 4.39 Å². The number of halogens is 1. The third kappa shape index (κ3) is 5.40. The Morgan fingerprint density at radius 2 is 1.62 bits per heavy atom. The molecule has 2 aliphatic carbocycles. The first-order valence-electron chi connectivity index (χ1n) is 16.0. The highest BCUT2D eigenvalue weighted by atomic mass is 19.1. The van der Waals surface area contributed by atoms with Crippen LogP contribution in [0, 0.1) is 23.1 Å². The van der Waals surface area contributed by atoms with Gasteiger partial charge in [0.2, 0.25) is 29.5 Å². The number of aromatic nitrogens is 2. The molecule has 12 heteroatoms. The summed E-state index contributed by atoms with van der Waals surface area (Å²) < 4.78 is 20.2. The molecule has 0 bridgehead atoms. The first-order chi connectivity index (χ1) is 23.1. The van der Waals surface area contributed by atoms with Gasteiger partial charge in [0.15, 0.2) is 0 Å². The van der Waals surface area contributed by atoms with Crippen LogP contribution in [0.2, 0.25) is 0 Å². The molecule has 3 aromatic carbocycles. The number of hydrogen-bond donors (Lipinski definition) is 3. The molecule has 4 atom stereocenters. The highest BCUT2D eigenvalue weighted by Crippen LogP contribution is 2.49. The second kappa shape index (κ2) is 12.0. The molecule has 0 radical (unpaired) electrons. The van der Waals surface area contributed by atoms with Crippen molar-refractivity contribution in [2.75, 3.05) is 6.54 Å². The number of primary amides is 2. The van der Waals surface area contributed by atoms with Gasteiger partial charge in [-0.25, -0.2) is 4.39 Å². The summed E-state index contributed by atoms with van der Waals surface area (Å²) in [5.74, 6) is -0.827. The van der Waals surface area contributed by atoms with Crippen LogP contribution in [0.25, 0.3) is 11.5 Å². The molecule has 3 amide bonds. The minimum atomic E-state index is -1.13. The Morgan fingerprint density at radius 1 is 1.00 bits per heavy atom. The maximum atomic E-state index is 13.8. The lowest BCUT2D eigenvalue weighted by Crippen LogP contribution is -2.46. The topological polar surface area (TPSA) is 181 Å². The van der Waals surface area contributed by atoms with Crippen LogP contribution < -0.4 is 16.8 Å². The van der Waals surface area contributed by atoms with Crippen LogP contribution in [0.5, 0.6) is 0 Å². The maximum absolute atomic E-state index is 13.8. The molecule has 1 saturated carbocycles. The van der Waals surface area contributed by atoms with Gasteiger partial charge in [0.25, 0.3) is 0 Å². The Labute approximate surface area is 276 Å². The molecule has 11 nitrogen and oxygen atoms in total. The van der Waals surface area contributed by atoms with Gasteiger partial charge >= 0.3 is 0 Å². The van der Waals surface area contributed by atoms with Crippen LogP contribution in [0.3, 0.4) is 0 Å². The molecule has 3 aliphatic rings. The lowest BCUT2D eigenvalue weighted by atomic mass is 9.68. The second-order valence-corrected chi connectivity index (χ2v) is 13.0. The van der Waals surface area contributed by atoms with Crippen molar-refractivity contribution in [1.29, 1.82) is 5.26 Å². The molecule has 2 heterocycles. The lowest BCUT2D eigenvalue weighted by molar-refractivity contribution is -0.131. The van der Waals surface area contributed by atoms with E-state index in [2.05, 4.69) is 21.6 Å². The number of nitriles is 1. The third-order valence-electron chi connectivity index (χ3n) is 10.00. The van der Waals surface area contributed by atoms with E-state index in [-0.39, 0.29) is 36.3 Å². The van der Waals surface area contributed by atoms with Crippen molar-refractivity contribution in [2.45, 2.75) is 62.6 Å². The number of nitrogens with zero attached hydrogens (tertiary/aromatic N) is 4. The Balaban J connectivity index is 1.34. The number of aryl methyl sites for hydroxylation is 2. The fourth-order valence-electron chi connectivity index (χ4n) is 7.61. The van der Waals surface area contributed by atoms with Gasteiger partial charge in [0, 0.05) is 28.8 Å². The number of amides is 3. The summed E-state index contributed by atoms with van der Waals surface area (Å²) in [6.45, 7) is 1.99. The predicted octanol–water partition coefficient (Wildman–Crippen LogP) is 3.39. The van der Waals surface area contributed by atoms with E-state index in [1.807, 2.05) is 19.1 Å². The summed E-state index contributed by atoms with van der Waals surface area (Å²) in [6.07, 6.45) is 3.00. The molecule has 1 aliphatic heterocycles. The Morgan fingerprint density at radius 3 is 2.21 bits per heavy atom. The van der Waals surface area contributed by atoms with E-state index in [4.69, 9.17) is 15.9 Å². The number of rotatable bonds is 9. The highest BCUT2D eigenvalue weighted by Gasteiger charge is 2.54. The zero-order valence-electron chi connectivity index (χ0n) is 26.3. The molecular weight excluding hydrogens is 613 g/mol. The number of nitrogens with one attached hydrogen (secondary N) is 1. The van der Waals surface area contributed by atoms with E-state index in [1.54, 1.807) is 41.3 Å². The van der Waals surface area contributed by atoms with Gasteiger partial charge in [-0.05, 0) is 116 Å². The summed E-state index contributed by atoms with van der Waals surface area (Å²) >= 11 is 0. The lowest BCUT2D eigenvalue weighted by Gasteiger charge is -2.36. The van der Waals surface area contributed by atoms with Gasteiger partial charge in [0.05, 0.1) is 12.6 Å². The number of benzene rings is 3. The molecule has 244 valence electrons. The van der Waals surface area contributed by atoms with E-state index in [0.29, 0.717) is 48.3 Å². The Bertz CT molecular complexity index is 1920. The second-order valence-electron chi connectivity index (χ2n) is 13.0. The summed E-state index contributed by atoms with van der Waals surface area (Å²) in [7, 11) is 0. The average molecular weight is 648 g/mol. The number of piperidine rings is 1. The first kappa shape index (κ1) is 31.2. The molecule has 1 unspecified atom stereocenters. The summed E-state index contributed by atoms with van der Waals surface area (Å²) in [4.78, 5) is 39.7. The zero-order valence-corrected chi connectivity index (χ0v) is 26.3. The van der Waals surface area contributed by atoms with Gasteiger partial charge < -0.3 is 26.1 Å². The summed E-state index contributed by atoms with van der Waals surface area (Å²) in [5, 5.41) is 22.0. The molecule has 7 rings (SSSR count). The number of nitrogens with two attached hydrogens (primary N) is 2. The summed E-state index contributed by atoms with van der Waals surface area (Å²) in [5.41, 5.74) is 14.7. The zero-order chi connectivity index (χ0) is 33.7. The number of fused-ring (bicyclic) bond motifs is 3. The number of carbonyl (C=O) groups is 3. The average Bonchev–Trinajstić information content (AvgIpc) is 3.51. The third-order valence-corrected chi connectivity index (χ3v) is 10.00. The molecular formula is C36H34FN7O4. The highest BCUT2D eigenvalue weighted by molar-refractivity contribution is 5.94. The number of likely N-dealkylation sites (tertiary alicyclic amines) is 1. The normalized spacial score (nSPS) is 20.9. The SMILES string of the molecule is C[C@H](CC1(c2nnc(-c3ccc(F)cc3)o2)c2ccc(C(N)=O)cc2CCc2cc(C(N)=O)ccc21)NCC(=O)N1C(C#N)C[C@@H]2C[C@@H]21. The van der Waals surface area contributed by atoms with Crippen molar-refractivity contribution < 1.29 is 23.2 Å². The molecule has 48 heavy (non-hydrogen) atoms. The maximum Gasteiger partial charge on any atom is 0.248 e. The number of hydrogen-bond acceptors (Lipinski definition) is 8. The molecule has 5 N–H and O–H groups in total. The van der Waals surface area contributed by atoms with Crippen molar-refractivity contribution in [3.8, 4) is 17.5 Å². The van der Waals surface area contributed by atoms with Crippen molar-refractivity contribution in [3.05, 3.63) is 106 Å². The van der Waals surface area contributed by atoms with Gasteiger partial charge in [-0.15, -0.1) is 10.2 Å². The molecule has 2 fully saturated rings. The largest absolute Gasteiger partial charge is 0.419 e. The molecule has 1 aromatic heterocycles. The summed E-state index contributed by atoms with van der Waals surface area (Å²) in [6, 6.07) is 18.0. The Hall–Kier alpha value is -5.41. The van der Waals surface area contributed by atoms with Crippen molar-refractivity contribution in [3.63, 3.8) is 0 Å². The van der Waals surface area contributed by atoms with Gasteiger partial charge in [0.1, 0.15) is 17.3 Å². The van der Waals surface area contributed by atoms with Crippen LogP contribution in [-0.4, -0.2) is 57.5 Å². The van der Waals surface area contributed by atoms with Crippen LogP contribution in [0.1, 0.15) is 75.0 Å². The minimum Gasteiger partial charge on any atom is -0.419 e.